The van der Waals surface area contributed by atoms with Gasteiger partial charge >= 0.3 is 0 Å². The van der Waals surface area contributed by atoms with Crippen molar-refractivity contribution in [3.63, 3.8) is 0 Å². The third kappa shape index (κ3) is 5.28. The van der Waals surface area contributed by atoms with Gasteiger partial charge in [0.05, 0.1) is 4.90 Å². The molecular formula is C25H31N3O4S. The molecule has 2 aromatic carbocycles. The summed E-state index contributed by atoms with van der Waals surface area (Å²) in [4.78, 5) is 26.1. The van der Waals surface area contributed by atoms with Crippen molar-refractivity contribution < 1.29 is 18.0 Å². The number of benzene rings is 2. The number of nitrogens with zero attached hydrogens (tertiary/aromatic N) is 2. The van der Waals surface area contributed by atoms with E-state index < -0.39 is 10.0 Å². The molecule has 2 heterocycles. The molecule has 0 spiro atoms. The SMILES string of the molecule is CC(=O)N1CCc2cc(S(=O)(=O)N3CCC(CC(=O)NCc4ccc(C)cc4)CC3)ccc21. The summed E-state index contributed by atoms with van der Waals surface area (Å²) in [6, 6.07) is 13.1. The van der Waals surface area contributed by atoms with Crippen LogP contribution in [-0.4, -0.2) is 44.2 Å². The smallest absolute Gasteiger partial charge is 0.243 e. The number of sulfonamides is 1. The molecule has 7 nitrogen and oxygen atoms in total. The van der Waals surface area contributed by atoms with Crippen molar-refractivity contribution >= 4 is 27.5 Å². The first kappa shape index (κ1) is 23.4. The lowest BCUT2D eigenvalue weighted by atomic mass is 9.94. The molecule has 176 valence electrons. The Balaban J connectivity index is 1.30. The predicted octanol–water partition coefficient (Wildman–Crippen LogP) is 3.01. The maximum Gasteiger partial charge on any atom is 0.243 e. The maximum absolute atomic E-state index is 13.2. The van der Waals surface area contributed by atoms with Crippen molar-refractivity contribution in [2.75, 3.05) is 24.5 Å². The van der Waals surface area contributed by atoms with Gasteiger partial charge in [-0.15, -0.1) is 0 Å². The highest BCUT2D eigenvalue weighted by Crippen LogP contribution is 2.32. The van der Waals surface area contributed by atoms with Crippen LogP contribution in [-0.2, 0) is 32.6 Å². The van der Waals surface area contributed by atoms with Gasteiger partial charge in [0.15, 0.2) is 0 Å². The first-order chi connectivity index (χ1) is 15.7. The Kier molecular flexibility index (Phi) is 6.86. The van der Waals surface area contributed by atoms with Gasteiger partial charge < -0.3 is 10.2 Å². The lowest BCUT2D eigenvalue weighted by Gasteiger charge is -2.31. The summed E-state index contributed by atoms with van der Waals surface area (Å²) in [5.41, 5.74) is 3.95. The van der Waals surface area contributed by atoms with Crippen molar-refractivity contribution in [2.45, 2.75) is 51.0 Å². The molecule has 8 heteroatoms. The van der Waals surface area contributed by atoms with Gasteiger partial charge in [-0.05, 0) is 61.4 Å². The molecule has 0 aliphatic carbocycles. The van der Waals surface area contributed by atoms with Crippen LogP contribution in [0.3, 0.4) is 0 Å². The van der Waals surface area contributed by atoms with E-state index in [4.69, 9.17) is 0 Å². The fourth-order valence-corrected chi connectivity index (χ4v) is 6.13. The number of aryl methyl sites for hydroxylation is 1. The lowest BCUT2D eigenvalue weighted by Crippen LogP contribution is -2.39. The Morgan fingerprint density at radius 1 is 1.03 bits per heavy atom. The standard InChI is InChI=1S/C25H31N3O4S/c1-18-3-5-21(6-4-18)17-26-25(30)15-20-9-12-27(13-10-20)33(31,32)23-7-8-24-22(16-23)11-14-28(24)19(2)29/h3-8,16,20H,9-15,17H2,1-2H3,(H,26,30). The Morgan fingerprint density at radius 2 is 1.73 bits per heavy atom. The number of nitrogens with one attached hydrogen (secondary N) is 1. The number of fused-ring (bicyclic) bond motifs is 1. The Bertz CT molecular complexity index is 1140. The van der Waals surface area contributed by atoms with Crippen LogP contribution in [0.15, 0.2) is 47.4 Å². The highest BCUT2D eigenvalue weighted by atomic mass is 32.2. The molecule has 0 unspecified atom stereocenters. The summed E-state index contributed by atoms with van der Waals surface area (Å²) in [6.07, 6.45) is 2.41. The van der Waals surface area contributed by atoms with Crippen LogP contribution in [0.2, 0.25) is 0 Å². The van der Waals surface area contributed by atoms with Crippen LogP contribution in [0.25, 0.3) is 0 Å². The molecule has 2 amide bonds. The minimum Gasteiger partial charge on any atom is -0.352 e. The number of amides is 2. The fourth-order valence-electron chi connectivity index (χ4n) is 4.61. The molecule has 0 aromatic heterocycles. The van der Waals surface area contributed by atoms with Gasteiger partial charge in [0.25, 0.3) is 0 Å². The highest BCUT2D eigenvalue weighted by molar-refractivity contribution is 7.89. The summed E-state index contributed by atoms with van der Waals surface area (Å²) >= 11 is 0. The minimum absolute atomic E-state index is 0.00512. The van der Waals surface area contributed by atoms with E-state index in [1.807, 2.05) is 31.2 Å². The van der Waals surface area contributed by atoms with Crippen LogP contribution >= 0.6 is 0 Å². The van der Waals surface area contributed by atoms with Crippen molar-refractivity contribution in [1.29, 1.82) is 0 Å². The van der Waals surface area contributed by atoms with Crippen LogP contribution in [0.4, 0.5) is 5.69 Å². The molecule has 0 radical (unpaired) electrons. The van der Waals surface area contributed by atoms with Gasteiger partial charge in [-0.2, -0.15) is 4.31 Å². The van der Waals surface area contributed by atoms with E-state index in [0.717, 1.165) is 16.8 Å². The van der Waals surface area contributed by atoms with Crippen LogP contribution < -0.4 is 10.2 Å². The number of carbonyl (C=O) groups excluding carboxylic acids is 2. The normalized spacial score (nSPS) is 17.1. The monoisotopic (exact) mass is 469 g/mol. The number of anilines is 1. The Morgan fingerprint density at radius 3 is 2.39 bits per heavy atom. The fraction of sp³-hybridized carbons (Fsp3) is 0.440. The van der Waals surface area contributed by atoms with Gasteiger partial charge in [0, 0.05) is 45.2 Å². The molecule has 0 atom stereocenters. The van der Waals surface area contributed by atoms with Gasteiger partial charge in [0.2, 0.25) is 21.8 Å². The summed E-state index contributed by atoms with van der Waals surface area (Å²) in [7, 11) is -3.59. The molecule has 0 saturated carbocycles. The van der Waals surface area contributed by atoms with Crippen molar-refractivity contribution in [3.8, 4) is 0 Å². The zero-order valence-corrected chi connectivity index (χ0v) is 20.0. The third-order valence-corrected chi connectivity index (χ3v) is 8.52. The van der Waals surface area contributed by atoms with E-state index in [9.17, 15) is 18.0 Å². The first-order valence-electron chi connectivity index (χ1n) is 11.5. The summed E-state index contributed by atoms with van der Waals surface area (Å²) < 4.78 is 27.9. The van der Waals surface area contributed by atoms with Gasteiger partial charge in [-0.25, -0.2) is 8.42 Å². The van der Waals surface area contributed by atoms with E-state index >= 15 is 0 Å². The molecule has 2 aliphatic rings. The summed E-state index contributed by atoms with van der Waals surface area (Å²) in [5, 5.41) is 2.97. The van der Waals surface area contributed by atoms with Crippen LogP contribution in [0.1, 0.15) is 42.9 Å². The summed E-state index contributed by atoms with van der Waals surface area (Å²) in [6.45, 7) is 5.47. The Labute approximate surface area is 195 Å². The van der Waals surface area contributed by atoms with E-state index in [0.29, 0.717) is 51.9 Å². The van der Waals surface area contributed by atoms with E-state index in [-0.39, 0.29) is 22.6 Å². The molecule has 4 rings (SSSR count). The van der Waals surface area contributed by atoms with E-state index in [1.165, 1.54) is 16.8 Å². The average Bonchev–Trinajstić information content (AvgIpc) is 3.23. The lowest BCUT2D eigenvalue weighted by molar-refractivity contribution is -0.122. The molecule has 33 heavy (non-hydrogen) atoms. The molecule has 1 saturated heterocycles. The quantitative estimate of drug-likeness (QED) is 0.705. The largest absolute Gasteiger partial charge is 0.352 e. The van der Waals surface area contributed by atoms with E-state index in [2.05, 4.69) is 5.32 Å². The van der Waals surface area contributed by atoms with Gasteiger partial charge in [-0.1, -0.05) is 29.8 Å². The number of carbonyl (C=O) groups is 2. The van der Waals surface area contributed by atoms with Crippen molar-refractivity contribution in [3.05, 3.63) is 59.2 Å². The number of hydrogen-bond donors (Lipinski definition) is 1. The highest BCUT2D eigenvalue weighted by Gasteiger charge is 2.32. The first-order valence-corrected chi connectivity index (χ1v) is 12.9. The van der Waals surface area contributed by atoms with Crippen molar-refractivity contribution in [1.82, 2.24) is 9.62 Å². The van der Waals surface area contributed by atoms with Crippen LogP contribution in [0.5, 0.6) is 0 Å². The third-order valence-electron chi connectivity index (χ3n) is 6.62. The zero-order chi connectivity index (χ0) is 23.6. The molecule has 2 aromatic rings. The number of hydrogen-bond acceptors (Lipinski definition) is 4. The molecule has 1 N–H and O–H groups in total. The number of piperidine rings is 1. The average molecular weight is 470 g/mol. The second kappa shape index (κ2) is 9.65. The van der Waals surface area contributed by atoms with Crippen LogP contribution in [0, 0.1) is 12.8 Å². The molecule has 1 fully saturated rings. The van der Waals surface area contributed by atoms with Gasteiger partial charge in [-0.3, -0.25) is 9.59 Å². The Hall–Kier alpha value is -2.71. The maximum atomic E-state index is 13.2. The topological polar surface area (TPSA) is 86.8 Å². The molecular weight excluding hydrogens is 438 g/mol. The predicted molar refractivity (Wildman–Crippen MR) is 127 cm³/mol. The molecule has 2 aliphatic heterocycles. The van der Waals surface area contributed by atoms with Gasteiger partial charge in [0.1, 0.15) is 0 Å². The zero-order valence-electron chi connectivity index (χ0n) is 19.2. The minimum atomic E-state index is -3.59. The number of rotatable bonds is 6. The van der Waals surface area contributed by atoms with E-state index in [1.54, 1.807) is 23.1 Å². The second-order valence-electron chi connectivity index (χ2n) is 9.03. The van der Waals surface area contributed by atoms with Crippen molar-refractivity contribution in [2.24, 2.45) is 5.92 Å². The summed E-state index contributed by atoms with van der Waals surface area (Å²) in [5.74, 6) is 0.151. The second-order valence-corrected chi connectivity index (χ2v) is 11.0. The molecule has 0 bridgehead atoms.